The van der Waals surface area contributed by atoms with Gasteiger partial charge >= 0.3 is 11.9 Å². The number of nitrogens with zero attached hydrogens (tertiary/aromatic N) is 4. The summed E-state index contributed by atoms with van der Waals surface area (Å²) in [5.41, 5.74) is 1.87. The molecule has 1 aromatic heterocycles. The van der Waals surface area contributed by atoms with E-state index in [4.69, 9.17) is 28.4 Å². The molecule has 2 atom stereocenters. The molecule has 3 aliphatic heterocycles. The zero-order valence-electron chi connectivity index (χ0n) is 25.4. The fourth-order valence-electron chi connectivity index (χ4n) is 5.62. The Labute approximate surface area is 247 Å². The molecule has 3 aliphatic rings. The van der Waals surface area contributed by atoms with E-state index in [0.717, 1.165) is 26.2 Å². The zero-order valence-corrected chi connectivity index (χ0v) is 25.4. The number of esters is 2. The van der Waals surface area contributed by atoms with E-state index in [1.807, 2.05) is 13.8 Å². The van der Waals surface area contributed by atoms with Crippen molar-refractivity contribution < 1.29 is 38.0 Å². The second-order valence-corrected chi connectivity index (χ2v) is 10.7. The molecular formula is C29H43N5O8. The Kier molecular flexibility index (Phi) is 11.1. The zero-order chi connectivity index (χ0) is 30.2. The van der Waals surface area contributed by atoms with Crippen LogP contribution in [0.5, 0.6) is 11.8 Å². The minimum Gasteiger partial charge on any atom is -0.481 e. The number of hydrogen-bond donors (Lipinski definition) is 1. The summed E-state index contributed by atoms with van der Waals surface area (Å²) in [7, 11) is 2.93. The summed E-state index contributed by atoms with van der Waals surface area (Å²) in [6.07, 6.45) is 0.479. The number of aromatic nitrogens is 2. The summed E-state index contributed by atoms with van der Waals surface area (Å²) in [5, 5.41) is 3.21. The molecule has 1 N–H and O–H groups in total. The van der Waals surface area contributed by atoms with Crippen molar-refractivity contribution >= 4 is 11.9 Å². The van der Waals surface area contributed by atoms with Gasteiger partial charge in [-0.3, -0.25) is 9.80 Å². The number of dihydropyridines is 1. The number of allylic oxidation sites excluding steroid dienone is 2. The van der Waals surface area contributed by atoms with Crippen LogP contribution in [0.1, 0.15) is 39.2 Å². The number of hydrogen-bond acceptors (Lipinski definition) is 13. The molecule has 4 rings (SSSR count). The van der Waals surface area contributed by atoms with Crippen molar-refractivity contribution in [2.75, 3.05) is 79.9 Å². The highest BCUT2D eigenvalue weighted by molar-refractivity contribution is 6.00. The van der Waals surface area contributed by atoms with Crippen molar-refractivity contribution in [3.63, 3.8) is 0 Å². The van der Waals surface area contributed by atoms with Gasteiger partial charge in [0.15, 0.2) is 0 Å². The fourth-order valence-corrected chi connectivity index (χ4v) is 5.62. The maximum absolute atomic E-state index is 13.9. The van der Waals surface area contributed by atoms with Gasteiger partial charge in [0.1, 0.15) is 18.5 Å². The number of rotatable bonds is 11. The van der Waals surface area contributed by atoms with Crippen LogP contribution in [0.4, 0.5) is 0 Å². The molecule has 0 spiro atoms. The van der Waals surface area contributed by atoms with Crippen LogP contribution in [0.2, 0.25) is 0 Å². The van der Waals surface area contributed by atoms with Crippen LogP contribution >= 0.6 is 0 Å². The van der Waals surface area contributed by atoms with Gasteiger partial charge in [-0.15, -0.1) is 0 Å². The lowest BCUT2D eigenvalue weighted by molar-refractivity contribution is -0.145. The Hall–Kier alpha value is -3.26. The number of methoxy groups -OCH3 is 2. The SMILES string of the molecule is COc1ncnc(OC)c1C1C(C(=O)OC(C)CN2CCOCC2)=C(C)NC(C)=C1C(=O)OC(C)CN1CCOCC1. The summed E-state index contributed by atoms with van der Waals surface area (Å²) < 4.78 is 34.0. The van der Waals surface area contributed by atoms with Crippen molar-refractivity contribution in [1.82, 2.24) is 25.1 Å². The van der Waals surface area contributed by atoms with Gasteiger partial charge in [-0.05, 0) is 27.7 Å². The molecule has 2 fully saturated rings. The Morgan fingerprint density at radius 1 is 0.833 bits per heavy atom. The normalized spacial score (nSPS) is 21.8. The van der Waals surface area contributed by atoms with Crippen LogP contribution in [0.25, 0.3) is 0 Å². The lowest BCUT2D eigenvalue weighted by Gasteiger charge is -2.33. The molecule has 0 saturated carbocycles. The Morgan fingerprint density at radius 3 is 1.62 bits per heavy atom. The number of carbonyl (C=O) groups excluding carboxylic acids is 2. The van der Waals surface area contributed by atoms with Gasteiger partial charge < -0.3 is 33.7 Å². The Bertz CT molecular complexity index is 1090. The van der Waals surface area contributed by atoms with E-state index < -0.39 is 30.1 Å². The molecule has 4 heterocycles. The molecule has 0 amide bonds. The van der Waals surface area contributed by atoms with Crippen molar-refractivity contribution in [1.29, 1.82) is 0 Å². The summed E-state index contributed by atoms with van der Waals surface area (Å²) in [6, 6.07) is 0. The smallest absolute Gasteiger partial charge is 0.337 e. The topological polar surface area (TPSA) is 134 Å². The quantitative estimate of drug-likeness (QED) is 0.372. The van der Waals surface area contributed by atoms with Crippen LogP contribution in [-0.4, -0.2) is 124 Å². The Balaban J connectivity index is 1.66. The summed E-state index contributed by atoms with van der Waals surface area (Å²) in [6.45, 7) is 14.0. The molecule has 2 saturated heterocycles. The average molecular weight is 590 g/mol. The highest BCUT2D eigenvalue weighted by Crippen LogP contribution is 2.45. The minimum atomic E-state index is -0.969. The third-order valence-corrected chi connectivity index (χ3v) is 7.54. The van der Waals surface area contributed by atoms with E-state index in [1.165, 1.54) is 20.5 Å². The largest absolute Gasteiger partial charge is 0.481 e. The maximum atomic E-state index is 13.9. The predicted octanol–water partition coefficient (Wildman–Crippen LogP) is 1.26. The van der Waals surface area contributed by atoms with Gasteiger partial charge in [-0.25, -0.2) is 19.6 Å². The number of nitrogens with one attached hydrogen (secondary N) is 1. The van der Waals surface area contributed by atoms with Gasteiger partial charge in [0.2, 0.25) is 11.8 Å². The van der Waals surface area contributed by atoms with Crippen LogP contribution < -0.4 is 14.8 Å². The minimum absolute atomic E-state index is 0.174. The molecule has 0 radical (unpaired) electrons. The van der Waals surface area contributed by atoms with Crippen molar-refractivity contribution in [3.8, 4) is 11.8 Å². The highest BCUT2D eigenvalue weighted by Gasteiger charge is 2.43. The van der Waals surface area contributed by atoms with E-state index >= 15 is 0 Å². The standard InChI is InChI=1S/C29H43N5O8/c1-18(15-33-7-11-39-12-8-33)41-28(35)22-20(3)32-21(4)23(24(22)25-26(37-5)30-17-31-27(25)38-6)29(36)42-19(2)16-34-9-13-40-14-10-34/h17-19,24,32H,7-16H2,1-6H3. The predicted molar refractivity (Wildman–Crippen MR) is 152 cm³/mol. The maximum Gasteiger partial charge on any atom is 0.337 e. The van der Waals surface area contributed by atoms with Gasteiger partial charge in [0, 0.05) is 50.7 Å². The molecule has 0 bridgehead atoms. The molecule has 232 valence electrons. The molecule has 13 heteroatoms. The summed E-state index contributed by atoms with van der Waals surface area (Å²) in [5.74, 6) is -1.76. The summed E-state index contributed by atoms with van der Waals surface area (Å²) in [4.78, 5) is 40.8. The molecule has 0 aromatic carbocycles. The first kappa shape index (κ1) is 31.7. The van der Waals surface area contributed by atoms with E-state index in [2.05, 4.69) is 25.1 Å². The second kappa shape index (κ2) is 14.8. The average Bonchev–Trinajstić information content (AvgIpc) is 2.96. The van der Waals surface area contributed by atoms with E-state index in [1.54, 1.807) is 13.8 Å². The van der Waals surface area contributed by atoms with Gasteiger partial charge in [-0.1, -0.05) is 0 Å². The first-order chi connectivity index (χ1) is 20.2. The van der Waals surface area contributed by atoms with Crippen molar-refractivity contribution in [2.45, 2.75) is 45.8 Å². The monoisotopic (exact) mass is 589 g/mol. The Morgan fingerprint density at radius 2 is 1.24 bits per heavy atom. The fraction of sp³-hybridized carbons (Fsp3) is 0.655. The van der Waals surface area contributed by atoms with Gasteiger partial charge in [0.05, 0.1) is 63.3 Å². The van der Waals surface area contributed by atoms with Crippen molar-refractivity contribution in [3.05, 3.63) is 34.4 Å². The first-order valence-corrected chi connectivity index (χ1v) is 14.4. The van der Waals surface area contributed by atoms with E-state index in [0.29, 0.717) is 56.5 Å². The molecule has 13 nitrogen and oxygen atoms in total. The number of carbonyl (C=O) groups is 2. The van der Waals surface area contributed by atoms with E-state index in [-0.39, 0.29) is 22.9 Å². The lowest BCUT2D eigenvalue weighted by Crippen LogP contribution is -2.42. The third-order valence-electron chi connectivity index (χ3n) is 7.54. The van der Waals surface area contributed by atoms with Gasteiger partial charge in [-0.2, -0.15) is 0 Å². The third kappa shape index (κ3) is 7.57. The molecule has 1 aromatic rings. The summed E-state index contributed by atoms with van der Waals surface area (Å²) >= 11 is 0. The lowest BCUT2D eigenvalue weighted by atomic mass is 9.80. The number of morpholine rings is 2. The van der Waals surface area contributed by atoms with Crippen molar-refractivity contribution in [2.24, 2.45) is 0 Å². The van der Waals surface area contributed by atoms with E-state index in [9.17, 15) is 9.59 Å². The highest BCUT2D eigenvalue weighted by atomic mass is 16.6. The first-order valence-electron chi connectivity index (χ1n) is 14.4. The molecule has 42 heavy (non-hydrogen) atoms. The van der Waals surface area contributed by atoms with Crippen LogP contribution in [0.15, 0.2) is 28.9 Å². The molecule has 0 aliphatic carbocycles. The molecular weight excluding hydrogens is 546 g/mol. The van der Waals surface area contributed by atoms with Crippen LogP contribution in [0.3, 0.4) is 0 Å². The molecule has 2 unspecified atom stereocenters. The van der Waals surface area contributed by atoms with Crippen LogP contribution in [0, 0.1) is 0 Å². The van der Waals surface area contributed by atoms with Crippen LogP contribution in [-0.2, 0) is 28.5 Å². The number of ether oxygens (including phenoxy) is 6. The second-order valence-electron chi connectivity index (χ2n) is 10.7. The van der Waals surface area contributed by atoms with Gasteiger partial charge in [0.25, 0.3) is 0 Å².